The number of pyridine rings is 1. The molecule has 0 amide bonds. The summed E-state index contributed by atoms with van der Waals surface area (Å²) in [6.07, 6.45) is 5.93. The lowest BCUT2D eigenvalue weighted by molar-refractivity contribution is 0.255. The van der Waals surface area contributed by atoms with Gasteiger partial charge in [0.05, 0.1) is 6.61 Å². The topological polar surface area (TPSA) is 34.1 Å². The Kier molecular flexibility index (Phi) is 4.51. The summed E-state index contributed by atoms with van der Waals surface area (Å²) in [6, 6.07) is 13.0. The molecule has 0 saturated heterocycles. The molecule has 3 heteroatoms. The smallest absolute Gasteiger partial charge is 0.122 e. The summed E-state index contributed by atoms with van der Waals surface area (Å²) >= 11 is 0. The van der Waals surface area contributed by atoms with Gasteiger partial charge in [0, 0.05) is 18.4 Å². The highest BCUT2D eigenvalue weighted by Crippen LogP contribution is 2.38. The van der Waals surface area contributed by atoms with Crippen LogP contribution in [0.2, 0.25) is 0 Å². The monoisotopic (exact) mass is 282 g/mol. The molecule has 0 saturated carbocycles. The van der Waals surface area contributed by atoms with E-state index in [1.807, 2.05) is 18.5 Å². The summed E-state index contributed by atoms with van der Waals surface area (Å²) in [4.78, 5) is 4.12. The number of para-hydroxylation sites is 1. The summed E-state index contributed by atoms with van der Waals surface area (Å²) in [5.74, 6) is 1.60. The lowest BCUT2D eigenvalue weighted by Crippen LogP contribution is -2.25. The number of aromatic nitrogens is 1. The predicted molar refractivity (Wildman–Crippen MR) is 84.6 cm³/mol. The van der Waals surface area contributed by atoms with Crippen molar-refractivity contribution in [3.63, 3.8) is 0 Å². The van der Waals surface area contributed by atoms with Gasteiger partial charge in [0.1, 0.15) is 5.75 Å². The minimum absolute atomic E-state index is 0.370. The Labute approximate surface area is 126 Å². The summed E-state index contributed by atoms with van der Waals surface area (Å²) in [7, 11) is 0. The Balaban J connectivity index is 1.81. The Morgan fingerprint density at radius 1 is 1.24 bits per heavy atom. The number of nitrogens with zero attached hydrogens (tertiary/aromatic N) is 1. The zero-order valence-corrected chi connectivity index (χ0v) is 12.5. The summed E-state index contributed by atoms with van der Waals surface area (Å²) in [5.41, 5.74) is 2.66. The molecule has 2 heterocycles. The van der Waals surface area contributed by atoms with Crippen LogP contribution in [-0.4, -0.2) is 18.1 Å². The molecule has 21 heavy (non-hydrogen) atoms. The van der Waals surface area contributed by atoms with Crippen LogP contribution < -0.4 is 10.1 Å². The third-order valence-corrected chi connectivity index (χ3v) is 4.16. The van der Waals surface area contributed by atoms with Crippen LogP contribution in [0.3, 0.4) is 0 Å². The molecule has 1 N–H and O–H groups in total. The van der Waals surface area contributed by atoms with E-state index in [2.05, 4.69) is 47.6 Å². The molecular weight excluding hydrogens is 260 g/mol. The first-order valence-electron chi connectivity index (χ1n) is 7.73. The fourth-order valence-electron chi connectivity index (χ4n) is 3.12. The summed E-state index contributed by atoms with van der Waals surface area (Å²) in [5, 5.41) is 3.61. The van der Waals surface area contributed by atoms with Crippen molar-refractivity contribution in [2.45, 2.75) is 31.7 Å². The van der Waals surface area contributed by atoms with Crippen molar-refractivity contribution in [1.82, 2.24) is 10.3 Å². The lowest BCUT2D eigenvalue weighted by atomic mass is 9.85. The van der Waals surface area contributed by atoms with Crippen molar-refractivity contribution in [2.24, 2.45) is 0 Å². The highest BCUT2D eigenvalue weighted by molar-refractivity contribution is 5.38. The van der Waals surface area contributed by atoms with Crippen molar-refractivity contribution >= 4 is 0 Å². The Bertz CT molecular complexity index is 570. The summed E-state index contributed by atoms with van der Waals surface area (Å²) < 4.78 is 5.77. The molecule has 0 aliphatic carbocycles. The number of fused-ring (bicyclic) bond motifs is 1. The van der Waals surface area contributed by atoms with E-state index in [4.69, 9.17) is 4.74 Å². The van der Waals surface area contributed by atoms with Crippen LogP contribution in [0.25, 0.3) is 0 Å². The maximum atomic E-state index is 5.77. The second kappa shape index (κ2) is 6.72. The molecule has 0 radical (unpaired) electrons. The van der Waals surface area contributed by atoms with Gasteiger partial charge in [-0.15, -0.1) is 0 Å². The fraction of sp³-hybridized carbons (Fsp3) is 0.389. The zero-order valence-electron chi connectivity index (χ0n) is 12.5. The van der Waals surface area contributed by atoms with E-state index in [1.54, 1.807) is 0 Å². The molecule has 2 unspecified atom stereocenters. The minimum atomic E-state index is 0.370. The average molecular weight is 282 g/mol. The molecular formula is C18H22N2O. The highest BCUT2D eigenvalue weighted by Gasteiger charge is 2.24. The van der Waals surface area contributed by atoms with E-state index in [9.17, 15) is 0 Å². The first kappa shape index (κ1) is 14.1. The number of hydrogen-bond donors (Lipinski definition) is 1. The molecule has 0 fully saturated rings. The first-order valence-corrected chi connectivity index (χ1v) is 7.73. The number of benzene rings is 1. The molecule has 1 aliphatic heterocycles. The van der Waals surface area contributed by atoms with E-state index < -0.39 is 0 Å². The Hall–Kier alpha value is -1.87. The maximum Gasteiger partial charge on any atom is 0.122 e. The van der Waals surface area contributed by atoms with Crippen LogP contribution in [0.5, 0.6) is 5.75 Å². The number of rotatable bonds is 5. The van der Waals surface area contributed by atoms with Crippen LogP contribution in [0.15, 0.2) is 48.8 Å². The molecule has 2 atom stereocenters. The molecule has 1 aromatic carbocycles. The molecule has 2 aromatic rings. The number of ether oxygens (including phenoxy) is 1. The number of nitrogens with one attached hydrogen (secondary N) is 1. The van der Waals surface area contributed by atoms with E-state index in [1.165, 1.54) is 11.1 Å². The molecule has 1 aliphatic rings. The van der Waals surface area contributed by atoms with Crippen molar-refractivity contribution < 1.29 is 4.74 Å². The maximum absolute atomic E-state index is 5.77. The van der Waals surface area contributed by atoms with Gasteiger partial charge in [-0.25, -0.2) is 0 Å². The van der Waals surface area contributed by atoms with Crippen LogP contribution >= 0.6 is 0 Å². The van der Waals surface area contributed by atoms with E-state index in [0.29, 0.717) is 12.0 Å². The van der Waals surface area contributed by atoms with E-state index in [-0.39, 0.29) is 0 Å². The van der Waals surface area contributed by atoms with Gasteiger partial charge in [-0.05, 0) is 54.6 Å². The van der Waals surface area contributed by atoms with Crippen LogP contribution in [0, 0.1) is 0 Å². The van der Waals surface area contributed by atoms with Crippen LogP contribution in [-0.2, 0) is 0 Å². The zero-order chi connectivity index (χ0) is 14.5. The quantitative estimate of drug-likeness (QED) is 0.908. The third kappa shape index (κ3) is 3.24. The molecule has 110 valence electrons. The van der Waals surface area contributed by atoms with Gasteiger partial charge in [-0.3, -0.25) is 4.98 Å². The second-order valence-corrected chi connectivity index (χ2v) is 5.50. The van der Waals surface area contributed by atoms with Gasteiger partial charge >= 0.3 is 0 Å². The molecule has 3 nitrogen and oxygen atoms in total. The standard InChI is InChI=1S/C18H22N2O/c1-2-20-17(14-7-10-19-11-8-14)13-15-9-12-21-18-6-4-3-5-16(15)18/h3-8,10-11,15,17,20H,2,9,12-13H2,1H3. The first-order chi connectivity index (χ1) is 10.4. The van der Waals surface area contributed by atoms with Gasteiger partial charge in [0.2, 0.25) is 0 Å². The second-order valence-electron chi connectivity index (χ2n) is 5.50. The lowest BCUT2D eigenvalue weighted by Gasteiger charge is -2.29. The van der Waals surface area contributed by atoms with Gasteiger partial charge < -0.3 is 10.1 Å². The van der Waals surface area contributed by atoms with E-state index in [0.717, 1.165) is 31.7 Å². The fourth-order valence-corrected chi connectivity index (χ4v) is 3.12. The Morgan fingerprint density at radius 2 is 2.05 bits per heavy atom. The Morgan fingerprint density at radius 3 is 2.86 bits per heavy atom. The normalized spacial score (nSPS) is 18.6. The highest BCUT2D eigenvalue weighted by atomic mass is 16.5. The molecule has 0 bridgehead atoms. The summed E-state index contributed by atoms with van der Waals surface area (Å²) in [6.45, 7) is 3.95. The largest absolute Gasteiger partial charge is 0.493 e. The van der Waals surface area contributed by atoms with Crippen molar-refractivity contribution in [2.75, 3.05) is 13.2 Å². The van der Waals surface area contributed by atoms with Gasteiger partial charge in [-0.1, -0.05) is 25.1 Å². The van der Waals surface area contributed by atoms with Crippen LogP contribution in [0.4, 0.5) is 0 Å². The molecule has 3 rings (SSSR count). The van der Waals surface area contributed by atoms with Crippen molar-refractivity contribution in [1.29, 1.82) is 0 Å². The minimum Gasteiger partial charge on any atom is -0.493 e. The molecule has 0 spiro atoms. The predicted octanol–water partition coefficient (Wildman–Crippen LogP) is 3.69. The van der Waals surface area contributed by atoms with Gasteiger partial charge in [-0.2, -0.15) is 0 Å². The van der Waals surface area contributed by atoms with Crippen molar-refractivity contribution in [3.05, 3.63) is 59.9 Å². The van der Waals surface area contributed by atoms with E-state index >= 15 is 0 Å². The van der Waals surface area contributed by atoms with Gasteiger partial charge in [0.25, 0.3) is 0 Å². The van der Waals surface area contributed by atoms with Crippen molar-refractivity contribution in [3.8, 4) is 5.75 Å². The third-order valence-electron chi connectivity index (χ3n) is 4.16. The SMILES string of the molecule is CCNC(CC1CCOc2ccccc21)c1ccncc1. The molecule has 1 aromatic heterocycles. The number of hydrogen-bond acceptors (Lipinski definition) is 3. The average Bonchev–Trinajstić information content (AvgIpc) is 2.55. The van der Waals surface area contributed by atoms with Crippen LogP contribution in [0.1, 0.15) is 42.9 Å². The van der Waals surface area contributed by atoms with Gasteiger partial charge in [0.15, 0.2) is 0 Å².